The van der Waals surface area contributed by atoms with Gasteiger partial charge in [-0.3, -0.25) is 0 Å². The van der Waals surface area contributed by atoms with Crippen LogP contribution in [0.3, 0.4) is 0 Å². The van der Waals surface area contributed by atoms with Crippen molar-refractivity contribution in [2.75, 3.05) is 0 Å². The number of allylic oxidation sites excluding steroid dienone is 5. The monoisotopic (exact) mass is 254 g/mol. The summed E-state index contributed by atoms with van der Waals surface area (Å²) in [5.74, 6) is -4.65. The van der Waals surface area contributed by atoms with Crippen molar-refractivity contribution in [2.24, 2.45) is 0 Å². The van der Waals surface area contributed by atoms with E-state index < -0.39 is 18.5 Å². The van der Waals surface area contributed by atoms with E-state index in [0.29, 0.717) is 11.1 Å². The van der Waals surface area contributed by atoms with Crippen LogP contribution in [0.25, 0.3) is 0 Å². The highest BCUT2D eigenvalue weighted by Gasteiger charge is 2.56. The Morgan fingerprint density at radius 1 is 1.18 bits per heavy atom. The van der Waals surface area contributed by atoms with Crippen LogP contribution >= 0.6 is 0 Å². The van der Waals surface area contributed by atoms with Crippen LogP contribution in [-0.2, 0) is 0 Å². The number of halogens is 5. The first-order chi connectivity index (χ1) is 7.60. The first-order valence-electron chi connectivity index (χ1n) is 5.03. The Hall–Kier alpha value is -1.13. The second-order valence-corrected chi connectivity index (χ2v) is 3.77. The molecule has 0 unspecified atom stereocenters. The van der Waals surface area contributed by atoms with Gasteiger partial charge in [-0.1, -0.05) is 30.4 Å². The molecule has 0 radical (unpaired) electrons. The third kappa shape index (κ3) is 5.65. The molecule has 0 spiro atoms. The first kappa shape index (κ1) is 15.9. The lowest BCUT2D eigenvalue weighted by molar-refractivity contribution is -0.284. The van der Waals surface area contributed by atoms with Gasteiger partial charge in [-0.2, -0.15) is 22.0 Å². The summed E-state index contributed by atoms with van der Waals surface area (Å²) in [7, 11) is 0. The molecule has 0 aromatic heterocycles. The van der Waals surface area contributed by atoms with Gasteiger partial charge in [0, 0.05) is 6.42 Å². The van der Waals surface area contributed by atoms with Crippen LogP contribution in [0.2, 0.25) is 0 Å². The highest BCUT2D eigenvalue weighted by atomic mass is 19.4. The summed E-state index contributed by atoms with van der Waals surface area (Å²) in [6, 6.07) is 0. The standard InChI is InChI=1S/C12H15F5/c1-4-5-10(8-9(2)3)6-7-11(13,14)12(15,16)17/h4-5,8H,2,6-7H2,1,3H3/b5-4-,10-8+. The summed E-state index contributed by atoms with van der Waals surface area (Å²) >= 11 is 0. The highest BCUT2D eigenvalue weighted by molar-refractivity contribution is 5.27. The molecule has 0 N–H and O–H groups in total. The van der Waals surface area contributed by atoms with Gasteiger partial charge in [0.25, 0.3) is 0 Å². The fourth-order valence-corrected chi connectivity index (χ4v) is 1.18. The molecule has 98 valence electrons. The predicted molar refractivity (Wildman–Crippen MR) is 57.9 cm³/mol. The normalized spacial score (nSPS) is 14.4. The topological polar surface area (TPSA) is 0 Å². The average Bonchev–Trinajstić information content (AvgIpc) is 2.12. The molecule has 0 aliphatic rings. The van der Waals surface area contributed by atoms with E-state index in [1.54, 1.807) is 19.9 Å². The van der Waals surface area contributed by atoms with E-state index >= 15 is 0 Å². The molecule has 0 atom stereocenters. The Kier molecular flexibility index (Phi) is 5.58. The van der Waals surface area contributed by atoms with Gasteiger partial charge in [0.05, 0.1) is 0 Å². The fourth-order valence-electron chi connectivity index (χ4n) is 1.18. The van der Waals surface area contributed by atoms with E-state index in [-0.39, 0.29) is 6.42 Å². The first-order valence-corrected chi connectivity index (χ1v) is 5.03. The Morgan fingerprint density at radius 3 is 2.06 bits per heavy atom. The third-order valence-electron chi connectivity index (χ3n) is 1.95. The number of hydrogen-bond donors (Lipinski definition) is 0. The Balaban J connectivity index is 4.68. The van der Waals surface area contributed by atoms with Crippen molar-refractivity contribution in [3.05, 3.63) is 36.0 Å². The van der Waals surface area contributed by atoms with Crippen LogP contribution in [0.15, 0.2) is 36.0 Å². The van der Waals surface area contributed by atoms with E-state index in [2.05, 4.69) is 6.58 Å². The van der Waals surface area contributed by atoms with Crippen LogP contribution in [-0.4, -0.2) is 12.1 Å². The lowest BCUT2D eigenvalue weighted by Crippen LogP contribution is -2.36. The molecule has 0 aliphatic heterocycles. The molecule has 0 rings (SSSR count). The largest absolute Gasteiger partial charge is 0.453 e. The Bertz CT molecular complexity index is 320. The molecule has 0 aromatic rings. The van der Waals surface area contributed by atoms with Gasteiger partial charge in [-0.05, 0) is 25.8 Å². The molecule has 0 aromatic carbocycles. The maximum atomic E-state index is 12.7. The third-order valence-corrected chi connectivity index (χ3v) is 1.95. The molecule has 0 fully saturated rings. The van der Waals surface area contributed by atoms with Gasteiger partial charge < -0.3 is 0 Å². The molecule has 5 heteroatoms. The zero-order valence-electron chi connectivity index (χ0n) is 9.74. The molecular weight excluding hydrogens is 239 g/mol. The van der Waals surface area contributed by atoms with Crippen LogP contribution in [0.5, 0.6) is 0 Å². The van der Waals surface area contributed by atoms with E-state index in [9.17, 15) is 22.0 Å². The van der Waals surface area contributed by atoms with E-state index in [1.165, 1.54) is 12.2 Å². The quantitative estimate of drug-likeness (QED) is 0.476. The second kappa shape index (κ2) is 5.98. The van der Waals surface area contributed by atoms with E-state index in [4.69, 9.17) is 0 Å². The smallest absolute Gasteiger partial charge is 0.196 e. The molecule has 0 saturated carbocycles. The van der Waals surface area contributed by atoms with Crippen LogP contribution in [0.1, 0.15) is 26.7 Å². The maximum Gasteiger partial charge on any atom is 0.453 e. The zero-order valence-corrected chi connectivity index (χ0v) is 9.74. The van der Waals surface area contributed by atoms with Crippen molar-refractivity contribution in [3.8, 4) is 0 Å². The van der Waals surface area contributed by atoms with Crippen LogP contribution < -0.4 is 0 Å². The minimum absolute atomic E-state index is 0.344. The summed E-state index contributed by atoms with van der Waals surface area (Å²) in [6.45, 7) is 6.86. The lowest BCUT2D eigenvalue weighted by Gasteiger charge is -2.19. The summed E-state index contributed by atoms with van der Waals surface area (Å²) < 4.78 is 61.1. The van der Waals surface area contributed by atoms with Gasteiger partial charge in [0.2, 0.25) is 0 Å². The summed E-state index contributed by atoms with van der Waals surface area (Å²) in [5, 5.41) is 0. The van der Waals surface area contributed by atoms with Gasteiger partial charge >= 0.3 is 12.1 Å². The van der Waals surface area contributed by atoms with Crippen LogP contribution in [0.4, 0.5) is 22.0 Å². The van der Waals surface area contributed by atoms with Gasteiger partial charge in [0.15, 0.2) is 0 Å². The van der Waals surface area contributed by atoms with Crippen molar-refractivity contribution in [2.45, 2.75) is 38.8 Å². The SMILES string of the molecule is C=C(C)/C=C(\C=C/C)CCC(F)(F)C(F)(F)F. The molecule has 17 heavy (non-hydrogen) atoms. The van der Waals surface area contributed by atoms with Gasteiger partial charge in [0.1, 0.15) is 0 Å². The Labute approximate surface area is 97.5 Å². The molecule has 0 saturated heterocycles. The predicted octanol–water partition coefficient (Wildman–Crippen LogP) is 5.04. The molecule has 0 heterocycles. The van der Waals surface area contributed by atoms with Crippen molar-refractivity contribution >= 4 is 0 Å². The van der Waals surface area contributed by atoms with Crippen LogP contribution in [0, 0.1) is 0 Å². The molecular formula is C12H15F5. The molecule has 0 aliphatic carbocycles. The van der Waals surface area contributed by atoms with Crippen molar-refractivity contribution in [3.63, 3.8) is 0 Å². The fraction of sp³-hybridized carbons (Fsp3) is 0.500. The molecule has 0 amide bonds. The van der Waals surface area contributed by atoms with Crippen molar-refractivity contribution in [1.29, 1.82) is 0 Å². The van der Waals surface area contributed by atoms with Crippen molar-refractivity contribution in [1.82, 2.24) is 0 Å². The summed E-state index contributed by atoms with van der Waals surface area (Å²) in [4.78, 5) is 0. The minimum atomic E-state index is -5.49. The van der Waals surface area contributed by atoms with Crippen molar-refractivity contribution < 1.29 is 22.0 Å². The Morgan fingerprint density at radius 2 is 1.71 bits per heavy atom. The molecule has 0 bridgehead atoms. The highest BCUT2D eigenvalue weighted by Crippen LogP contribution is 2.39. The number of hydrogen-bond acceptors (Lipinski definition) is 0. The van der Waals surface area contributed by atoms with Gasteiger partial charge in [-0.15, -0.1) is 0 Å². The average molecular weight is 254 g/mol. The minimum Gasteiger partial charge on any atom is -0.196 e. The van der Waals surface area contributed by atoms with E-state index in [0.717, 1.165) is 0 Å². The van der Waals surface area contributed by atoms with E-state index in [1.807, 2.05) is 0 Å². The maximum absolute atomic E-state index is 12.7. The lowest BCUT2D eigenvalue weighted by atomic mass is 10.0. The van der Waals surface area contributed by atoms with Gasteiger partial charge in [-0.25, -0.2) is 0 Å². The number of rotatable bonds is 5. The molecule has 0 nitrogen and oxygen atoms in total. The number of alkyl halides is 5. The zero-order chi connectivity index (χ0) is 13.7. The summed E-state index contributed by atoms with van der Waals surface area (Å²) in [6.07, 6.45) is -2.50. The second-order valence-electron chi connectivity index (χ2n) is 3.77. The summed E-state index contributed by atoms with van der Waals surface area (Å²) in [5.41, 5.74) is 1.01.